The molecule has 1 atom stereocenters. The van der Waals surface area contributed by atoms with Crippen molar-refractivity contribution in [2.75, 3.05) is 19.7 Å². The molecule has 1 aliphatic heterocycles. The predicted octanol–water partition coefficient (Wildman–Crippen LogP) is 1.39. The van der Waals surface area contributed by atoms with Gasteiger partial charge in [-0.2, -0.15) is 0 Å². The van der Waals surface area contributed by atoms with Crippen LogP contribution in [0.1, 0.15) is 18.9 Å². The number of carbonyl (C=O) groups excluding carboxylic acids is 1. The molecule has 2 rings (SSSR count). The van der Waals surface area contributed by atoms with Crippen molar-refractivity contribution in [1.29, 1.82) is 0 Å². The van der Waals surface area contributed by atoms with Crippen LogP contribution in [0.5, 0.6) is 5.75 Å². The van der Waals surface area contributed by atoms with Crippen molar-refractivity contribution in [2.45, 2.75) is 19.9 Å². The molecule has 18 heavy (non-hydrogen) atoms. The zero-order valence-electron chi connectivity index (χ0n) is 10.8. The molecule has 2 N–H and O–H groups in total. The Hall–Kier alpha value is -1.55. The lowest BCUT2D eigenvalue weighted by Gasteiger charge is -2.17. The topological polar surface area (TPSA) is 55.6 Å². The van der Waals surface area contributed by atoms with E-state index in [0.717, 1.165) is 25.1 Å². The van der Waals surface area contributed by atoms with Crippen LogP contribution in [0, 0.1) is 5.92 Å². The summed E-state index contributed by atoms with van der Waals surface area (Å²) in [5.41, 5.74) is 6.55. The SMILES string of the molecule is CC1CCN(C(=O)COc2ccccc2CN)C1. The van der Waals surface area contributed by atoms with Crippen molar-refractivity contribution in [1.82, 2.24) is 4.90 Å². The summed E-state index contributed by atoms with van der Waals surface area (Å²) in [6, 6.07) is 7.57. The van der Waals surface area contributed by atoms with Gasteiger partial charge in [0.15, 0.2) is 6.61 Å². The van der Waals surface area contributed by atoms with E-state index in [2.05, 4.69) is 6.92 Å². The second-order valence-electron chi connectivity index (χ2n) is 4.83. The third-order valence-corrected chi connectivity index (χ3v) is 3.32. The van der Waals surface area contributed by atoms with Gasteiger partial charge < -0.3 is 15.4 Å². The lowest BCUT2D eigenvalue weighted by Crippen LogP contribution is -2.33. The molecule has 4 nitrogen and oxygen atoms in total. The third kappa shape index (κ3) is 3.01. The number of para-hydroxylation sites is 1. The van der Waals surface area contributed by atoms with Crippen molar-refractivity contribution in [3.8, 4) is 5.75 Å². The van der Waals surface area contributed by atoms with Gasteiger partial charge in [-0.15, -0.1) is 0 Å². The van der Waals surface area contributed by atoms with E-state index in [0.29, 0.717) is 18.2 Å². The molecular weight excluding hydrogens is 228 g/mol. The van der Waals surface area contributed by atoms with Gasteiger partial charge in [-0.25, -0.2) is 0 Å². The highest BCUT2D eigenvalue weighted by atomic mass is 16.5. The van der Waals surface area contributed by atoms with E-state index in [4.69, 9.17) is 10.5 Å². The molecule has 1 heterocycles. The van der Waals surface area contributed by atoms with Crippen LogP contribution < -0.4 is 10.5 Å². The Morgan fingerprint density at radius 3 is 2.94 bits per heavy atom. The smallest absolute Gasteiger partial charge is 0.260 e. The molecular formula is C14H20N2O2. The van der Waals surface area contributed by atoms with Crippen molar-refractivity contribution < 1.29 is 9.53 Å². The molecule has 1 fully saturated rings. The van der Waals surface area contributed by atoms with Gasteiger partial charge in [0, 0.05) is 25.2 Å². The maximum absolute atomic E-state index is 11.9. The van der Waals surface area contributed by atoms with Crippen LogP contribution in [0.3, 0.4) is 0 Å². The molecule has 4 heteroatoms. The summed E-state index contributed by atoms with van der Waals surface area (Å²) in [5.74, 6) is 1.37. The van der Waals surface area contributed by atoms with Crippen LogP contribution in [-0.2, 0) is 11.3 Å². The van der Waals surface area contributed by atoms with E-state index in [-0.39, 0.29) is 12.5 Å². The van der Waals surface area contributed by atoms with Gasteiger partial charge in [-0.3, -0.25) is 4.79 Å². The Kier molecular flexibility index (Phi) is 4.20. The fourth-order valence-corrected chi connectivity index (χ4v) is 2.21. The highest BCUT2D eigenvalue weighted by Crippen LogP contribution is 2.18. The summed E-state index contributed by atoms with van der Waals surface area (Å²) >= 11 is 0. The van der Waals surface area contributed by atoms with Crippen molar-refractivity contribution in [3.05, 3.63) is 29.8 Å². The number of rotatable bonds is 4. The highest BCUT2D eigenvalue weighted by molar-refractivity contribution is 5.78. The van der Waals surface area contributed by atoms with Gasteiger partial charge in [-0.1, -0.05) is 25.1 Å². The summed E-state index contributed by atoms with van der Waals surface area (Å²) in [6.45, 7) is 4.38. The molecule has 1 saturated heterocycles. The van der Waals surface area contributed by atoms with Crippen molar-refractivity contribution >= 4 is 5.91 Å². The van der Waals surface area contributed by atoms with E-state index in [1.165, 1.54) is 0 Å². The van der Waals surface area contributed by atoms with Crippen LogP contribution in [0.15, 0.2) is 24.3 Å². The number of nitrogens with two attached hydrogens (primary N) is 1. The normalized spacial score (nSPS) is 19.0. The molecule has 1 unspecified atom stereocenters. The minimum Gasteiger partial charge on any atom is -0.483 e. The average Bonchev–Trinajstić information content (AvgIpc) is 2.83. The fourth-order valence-electron chi connectivity index (χ4n) is 2.21. The van der Waals surface area contributed by atoms with Gasteiger partial charge in [0.05, 0.1) is 0 Å². The number of hydrogen-bond acceptors (Lipinski definition) is 3. The van der Waals surface area contributed by atoms with E-state index in [9.17, 15) is 4.79 Å². The van der Waals surface area contributed by atoms with Gasteiger partial charge in [0.1, 0.15) is 5.75 Å². The quantitative estimate of drug-likeness (QED) is 0.876. The van der Waals surface area contributed by atoms with Gasteiger partial charge >= 0.3 is 0 Å². The second kappa shape index (κ2) is 5.87. The average molecular weight is 248 g/mol. The van der Waals surface area contributed by atoms with E-state index in [1.54, 1.807) is 0 Å². The summed E-state index contributed by atoms with van der Waals surface area (Å²) in [7, 11) is 0. The Labute approximate surface area is 108 Å². The second-order valence-corrected chi connectivity index (χ2v) is 4.83. The molecule has 0 bridgehead atoms. The predicted molar refractivity (Wildman–Crippen MR) is 70.2 cm³/mol. The molecule has 1 aromatic rings. The van der Waals surface area contributed by atoms with Crippen molar-refractivity contribution in [3.63, 3.8) is 0 Å². The molecule has 98 valence electrons. The maximum atomic E-state index is 11.9. The van der Waals surface area contributed by atoms with Crippen LogP contribution in [0.25, 0.3) is 0 Å². The Bertz CT molecular complexity index is 420. The summed E-state index contributed by atoms with van der Waals surface area (Å²) in [6.07, 6.45) is 1.09. The van der Waals surface area contributed by atoms with E-state index in [1.807, 2.05) is 29.2 Å². The number of carbonyl (C=O) groups is 1. The Balaban J connectivity index is 1.89. The first kappa shape index (κ1) is 12.9. The monoisotopic (exact) mass is 248 g/mol. The first-order valence-corrected chi connectivity index (χ1v) is 6.39. The summed E-state index contributed by atoms with van der Waals surface area (Å²) in [5, 5.41) is 0. The van der Waals surface area contributed by atoms with E-state index >= 15 is 0 Å². The summed E-state index contributed by atoms with van der Waals surface area (Å²) in [4.78, 5) is 13.8. The van der Waals surface area contributed by atoms with E-state index < -0.39 is 0 Å². The van der Waals surface area contributed by atoms with Crippen molar-refractivity contribution in [2.24, 2.45) is 11.7 Å². The number of hydrogen-bond donors (Lipinski definition) is 1. The zero-order chi connectivity index (χ0) is 13.0. The zero-order valence-corrected chi connectivity index (χ0v) is 10.8. The van der Waals surface area contributed by atoms with Gasteiger partial charge in [0.25, 0.3) is 5.91 Å². The van der Waals surface area contributed by atoms with Gasteiger partial charge in [0.2, 0.25) is 0 Å². The molecule has 0 saturated carbocycles. The molecule has 0 aromatic heterocycles. The minimum absolute atomic E-state index is 0.0613. The van der Waals surface area contributed by atoms with Crippen LogP contribution >= 0.6 is 0 Å². The lowest BCUT2D eigenvalue weighted by molar-refractivity contribution is -0.132. The number of ether oxygens (including phenoxy) is 1. The number of likely N-dealkylation sites (tertiary alicyclic amines) is 1. The first-order chi connectivity index (χ1) is 8.70. The Morgan fingerprint density at radius 1 is 1.50 bits per heavy atom. The fraction of sp³-hybridized carbons (Fsp3) is 0.500. The number of nitrogens with zero attached hydrogens (tertiary/aromatic N) is 1. The molecule has 0 radical (unpaired) electrons. The Morgan fingerprint density at radius 2 is 2.28 bits per heavy atom. The van der Waals surface area contributed by atoms with Crippen LogP contribution in [0.2, 0.25) is 0 Å². The standard InChI is InChI=1S/C14H20N2O2/c1-11-6-7-16(9-11)14(17)10-18-13-5-3-2-4-12(13)8-15/h2-5,11H,6-10,15H2,1H3. The number of benzene rings is 1. The highest BCUT2D eigenvalue weighted by Gasteiger charge is 2.23. The minimum atomic E-state index is 0.0613. The summed E-state index contributed by atoms with van der Waals surface area (Å²) < 4.78 is 5.57. The van der Waals surface area contributed by atoms with Gasteiger partial charge in [-0.05, 0) is 18.4 Å². The number of amides is 1. The van der Waals surface area contributed by atoms with Crippen LogP contribution in [-0.4, -0.2) is 30.5 Å². The molecule has 1 aliphatic rings. The molecule has 1 aromatic carbocycles. The molecule has 1 amide bonds. The maximum Gasteiger partial charge on any atom is 0.260 e. The first-order valence-electron chi connectivity index (χ1n) is 6.39. The van der Waals surface area contributed by atoms with Crippen LogP contribution in [0.4, 0.5) is 0 Å². The largest absolute Gasteiger partial charge is 0.483 e. The molecule has 0 aliphatic carbocycles. The lowest BCUT2D eigenvalue weighted by atomic mass is 10.2. The third-order valence-electron chi connectivity index (χ3n) is 3.32. The molecule has 0 spiro atoms.